The molecule has 3 nitrogen and oxygen atoms in total. The van der Waals surface area contributed by atoms with Crippen molar-refractivity contribution in [2.24, 2.45) is 0 Å². The first kappa shape index (κ1) is 10.5. The van der Waals surface area contributed by atoms with Gasteiger partial charge in [-0.3, -0.25) is 0 Å². The quantitative estimate of drug-likeness (QED) is 0.561. The van der Waals surface area contributed by atoms with Gasteiger partial charge in [0.05, 0.1) is 11.7 Å². The molecule has 72 valence electrons. The third-order valence-corrected chi connectivity index (χ3v) is 5.18. The van der Waals surface area contributed by atoms with E-state index in [2.05, 4.69) is 4.74 Å². The van der Waals surface area contributed by atoms with Crippen LogP contribution in [0.3, 0.4) is 0 Å². The van der Waals surface area contributed by atoms with Gasteiger partial charge in [0.15, 0.2) is 0 Å². The van der Waals surface area contributed by atoms with Crippen LogP contribution in [0.5, 0.6) is 0 Å². The number of methoxy groups -OCH3 is 1. The van der Waals surface area contributed by atoms with Crippen molar-refractivity contribution in [2.45, 2.75) is 0 Å². The Morgan fingerprint density at radius 2 is 2.08 bits per heavy atom. The molecule has 1 aromatic rings. The summed E-state index contributed by atoms with van der Waals surface area (Å²) in [6.07, 6.45) is 0. The number of carbonyl (C=O) groups is 1. The first-order chi connectivity index (χ1) is 5.95. The Kier molecular flexibility index (Phi) is 2.94. The summed E-state index contributed by atoms with van der Waals surface area (Å²) in [6, 6.07) is 3.36. The molecule has 0 bridgehead atoms. The van der Waals surface area contributed by atoms with Crippen LogP contribution in [0.1, 0.15) is 9.67 Å². The van der Waals surface area contributed by atoms with Crippen LogP contribution in [-0.2, 0) is 9.30 Å². The van der Waals surface area contributed by atoms with Gasteiger partial charge in [0, 0.05) is 0 Å². The Morgan fingerprint density at radius 1 is 1.46 bits per heavy atom. The lowest BCUT2D eigenvalue weighted by molar-refractivity contribution is 0.0606. The molecule has 0 saturated heterocycles. The van der Waals surface area contributed by atoms with Crippen LogP contribution >= 0.6 is 18.5 Å². The number of thiophene rings is 1. The highest BCUT2D eigenvalue weighted by Gasteiger charge is 2.16. The van der Waals surface area contributed by atoms with Crippen molar-refractivity contribution in [1.82, 2.24) is 0 Å². The molecule has 0 amide bonds. The lowest BCUT2D eigenvalue weighted by Gasteiger charge is -2.00. The second kappa shape index (κ2) is 3.64. The van der Waals surface area contributed by atoms with Gasteiger partial charge in [-0.1, -0.05) is 0 Å². The van der Waals surface area contributed by atoms with Crippen LogP contribution < -0.4 is 4.62 Å². The molecule has 0 N–H and O–H groups in total. The second-order valence-electron chi connectivity index (χ2n) is 2.98. The molecule has 0 spiro atoms. The molecule has 1 rings (SSSR count). The molecule has 1 heterocycles. The van der Waals surface area contributed by atoms with Crippen molar-refractivity contribution >= 4 is 29.1 Å². The van der Waals surface area contributed by atoms with E-state index in [9.17, 15) is 9.36 Å². The highest BCUT2D eigenvalue weighted by molar-refractivity contribution is 7.75. The van der Waals surface area contributed by atoms with E-state index in [-0.39, 0.29) is 5.97 Å². The van der Waals surface area contributed by atoms with E-state index >= 15 is 0 Å². The SMILES string of the molecule is COC(=O)c1ccc(P(C)(C)=O)s1. The van der Waals surface area contributed by atoms with Crippen molar-refractivity contribution in [1.29, 1.82) is 0 Å². The molecule has 0 aliphatic rings. The van der Waals surface area contributed by atoms with Gasteiger partial charge in [-0.05, 0) is 25.5 Å². The Labute approximate surface area is 81.1 Å². The minimum atomic E-state index is -2.24. The van der Waals surface area contributed by atoms with Gasteiger partial charge in [0.2, 0.25) is 0 Å². The zero-order valence-electron chi connectivity index (χ0n) is 7.73. The van der Waals surface area contributed by atoms with Crippen molar-refractivity contribution in [3.8, 4) is 0 Å². The van der Waals surface area contributed by atoms with Crippen LogP contribution in [0.15, 0.2) is 12.1 Å². The maximum atomic E-state index is 11.6. The average Bonchev–Trinajstić information content (AvgIpc) is 2.50. The molecule has 13 heavy (non-hydrogen) atoms. The predicted molar refractivity (Wildman–Crippen MR) is 54.7 cm³/mol. The molecule has 0 aliphatic heterocycles. The normalized spacial score (nSPS) is 11.3. The molecule has 0 saturated carbocycles. The molecule has 0 aromatic carbocycles. The van der Waals surface area contributed by atoms with E-state index in [4.69, 9.17) is 0 Å². The lowest BCUT2D eigenvalue weighted by atomic mass is 10.5. The van der Waals surface area contributed by atoms with Crippen LogP contribution in [0.4, 0.5) is 0 Å². The van der Waals surface area contributed by atoms with Gasteiger partial charge in [0.1, 0.15) is 12.0 Å². The molecule has 5 heteroatoms. The largest absolute Gasteiger partial charge is 0.465 e. The van der Waals surface area contributed by atoms with E-state index in [1.807, 2.05) is 0 Å². The molecule has 0 atom stereocenters. The number of carbonyl (C=O) groups excluding carboxylic acids is 1. The summed E-state index contributed by atoms with van der Waals surface area (Å²) in [6.45, 7) is 3.36. The summed E-state index contributed by atoms with van der Waals surface area (Å²) in [4.78, 5) is 11.6. The summed E-state index contributed by atoms with van der Waals surface area (Å²) in [5, 5.41) is 0. The van der Waals surface area contributed by atoms with Crippen LogP contribution in [0, 0.1) is 0 Å². The average molecular weight is 218 g/mol. The van der Waals surface area contributed by atoms with E-state index in [1.54, 1.807) is 25.5 Å². The van der Waals surface area contributed by atoms with Crippen molar-refractivity contribution in [3.05, 3.63) is 17.0 Å². The Morgan fingerprint density at radius 3 is 2.46 bits per heavy atom. The Balaban J connectivity index is 3.00. The zero-order valence-corrected chi connectivity index (χ0v) is 9.45. The first-order valence-electron chi connectivity index (χ1n) is 3.69. The molecule has 0 unspecified atom stereocenters. The standard InChI is InChI=1S/C8H11O3PS/c1-11-8(9)6-4-5-7(13-6)12(2,3)10/h4-5H,1-3H3. The molecule has 0 fully saturated rings. The Hall–Kier alpha value is -0.600. The van der Waals surface area contributed by atoms with Crippen molar-refractivity contribution in [2.75, 3.05) is 20.4 Å². The van der Waals surface area contributed by atoms with Crippen LogP contribution in [-0.4, -0.2) is 26.4 Å². The van der Waals surface area contributed by atoms with E-state index < -0.39 is 7.14 Å². The molecular weight excluding hydrogens is 207 g/mol. The minimum absolute atomic E-state index is 0.371. The van der Waals surface area contributed by atoms with Crippen molar-refractivity contribution in [3.63, 3.8) is 0 Å². The first-order valence-corrected chi connectivity index (χ1v) is 7.10. The maximum absolute atomic E-state index is 11.6. The smallest absolute Gasteiger partial charge is 0.348 e. The van der Waals surface area contributed by atoms with Crippen LogP contribution in [0.25, 0.3) is 0 Å². The van der Waals surface area contributed by atoms with E-state index in [1.165, 1.54) is 18.4 Å². The Bertz CT molecular complexity index is 363. The van der Waals surface area contributed by atoms with Gasteiger partial charge in [-0.2, -0.15) is 0 Å². The number of ether oxygens (including phenoxy) is 1. The number of hydrogen-bond acceptors (Lipinski definition) is 4. The number of esters is 1. The summed E-state index contributed by atoms with van der Waals surface area (Å²) in [5.41, 5.74) is 0. The van der Waals surface area contributed by atoms with Gasteiger partial charge >= 0.3 is 5.97 Å². The maximum Gasteiger partial charge on any atom is 0.348 e. The van der Waals surface area contributed by atoms with Gasteiger partial charge in [-0.25, -0.2) is 4.79 Å². The molecular formula is C8H11O3PS. The van der Waals surface area contributed by atoms with E-state index in [0.717, 1.165) is 4.62 Å². The fourth-order valence-electron chi connectivity index (χ4n) is 0.827. The third-order valence-electron chi connectivity index (χ3n) is 1.51. The monoisotopic (exact) mass is 218 g/mol. The highest BCUT2D eigenvalue weighted by Crippen LogP contribution is 2.37. The predicted octanol–water partition coefficient (Wildman–Crippen LogP) is 1.78. The lowest BCUT2D eigenvalue weighted by Crippen LogP contribution is -1.98. The van der Waals surface area contributed by atoms with Crippen molar-refractivity contribution < 1.29 is 14.1 Å². The highest BCUT2D eigenvalue weighted by atomic mass is 32.1. The zero-order chi connectivity index (χ0) is 10.1. The fraction of sp³-hybridized carbons (Fsp3) is 0.375. The fourth-order valence-corrected chi connectivity index (χ4v) is 3.10. The summed E-state index contributed by atoms with van der Waals surface area (Å²) in [5.74, 6) is -0.371. The number of hydrogen-bond donors (Lipinski definition) is 0. The number of rotatable bonds is 2. The molecule has 0 aliphatic carbocycles. The topological polar surface area (TPSA) is 43.4 Å². The summed E-state index contributed by atoms with van der Waals surface area (Å²) >= 11 is 1.23. The molecule has 0 radical (unpaired) electrons. The minimum Gasteiger partial charge on any atom is -0.465 e. The van der Waals surface area contributed by atoms with E-state index in [0.29, 0.717) is 4.88 Å². The van der Waals surface area contributed by atoms with Crippen LogP contribution in [0.2, 0.25) is 0 Å². The van der Waals surface area contributed by atoms with Gasteiger partial charge < -0.3 is 9.30 Å². The molecule has 1 aromatic heterocycles. The summed E-state index contributed by atoms with van der Waals surface area (Å²) < 4.78 is 16.9. The second-order valence-corrected chi connectivity index (χ2v) is 7.55. The summed E-state index contributed by atoms with van der Waals surface area (Å²) in [7, 11) is -0.904. The van der Waals surface area contributed by atoms with Gasteiger partial charge in [-0.15, -0.1) is 11.3 Å². The third kappa shape index (κ3) is 2.42. The van der Waals surface area contributed by atoms with Gasteiger partial charge in [0.25, 0.3) is 0 Å².